The second-order valence-electron chi connectivity index (χ2n) is 0.224. The number of quaternary nitrogens is 1. The third kappa shape index (κ3) is 605000. The van der Waals surface area contributed by atoms with Gasteiger partial charge in [0.2, 0.25) is 0 Å². The molecule has 13 heavy (non-hydrogen) atoms. The summed E-state index contributed by atoms with van der Waals surface area (Å²) in [5.74, 6) is 0. The Balaban J connectivity index is -0.00000000125. The Morgan fingerprint density at radius 1 is 0.769 bits per heavy atom. The first-order chi connectivity index (χ1) is 1.73. The van der Waals surface area contributed by atoms with Gasteiger partial charge in [-0.1, -0.05) is 0 Å². The van der Waals surface area contributed by atoms with E-state index < -0.39 is 5.09 Å². The Morgan fingerprint density at radius 3 is 0.769 bits per heavy atom. The van der Waals surface area contributed by atoms with Gasteiger partial charge in [0.05, 0.1) is 5.09 Å². The fourth-order valence-electron chi connectivity index (χ4n) is 0. The van der Waals surface area contributed by atoms with Crippen molar-refractivity contribution in [2.24, 2.45) is 0 Å². The first-order valence-corrected chi connectivity index (χ1v) is 0.548. The summed E-state index contributed by atoms with van der Waals surface area (Å²) in [5.41, 5.74) is 0. The Labute approximate surface area is 99.6 Å². The maximum atomic E-state index is 8.25. The Hall–Kier alpha value is 0.0448. The number of rotatable bonds is 0. The molecule has 0 spiro atoms. The first-order valence-electron chi connectivity index (χ1n) is 0.548. The van der Waals surface area contributed by atoms with Crippen LogP contribution in [0.3, 0.4) is 0 Å². The first kappa shape index (κ1) is 204. The topological polar surface area (TPSA) is 292 Å². The van der Waals surface area contributed by atoms with Gasteiger partial charge < -0.3 is 59.0 Å². The maximum absolute atomic E-state index is 8.25. The molecule has 0 bridgehead atoms. The number of hydrogen-bond donors (Lipinski definition) is 1. The van der Waals surface area contributed by atoms with Crippen LogP contribution in [0.5, 0.6) is 0 Å². The maximum Gasteiger partial charge on any atom is 1.00 e. The zero-order chi connectivity index (χ0) is 3.58. The molecular weight excluding hydrogens is 330 g/mol. The van der Waals surface area contributed by atoms with E-state index in [0.717, 1.165) is 0 Å². The monoisotopic (exact) mass is 346 g/mol. The van der Waals surface area contributed by atoms with Crippen molar-refractivity contribution in [3.63, 3.8) is 0 Å². The summed E-state index contributed by atoms with van der Waals surface area (Å²) >= 11 is 0. The summed E-state index contributed by atoms with van der Waals surface area (Å²) in [6.45, 7) is 0. The predicted molar refractivity (Wildman–Crippen MR) is 38.0 cm³/mol. The van der Waals surface area contributed by atoms with Gasteiger partial charge in [-0.2, -0.15) is 0 Å². The Morgan fingerprint density at radius 2 is 0.769 bits per heavy atom. The van der Waals surface area contributed by atoms with Crippen molar-refractivity contribution < 1.29 is 78.2 Å². The van der Waals surface area contributed by atoms with Crippen LogP contribution in [0.25, 0.3) is 0 Å². The molecule has 0 saturated heterocycles. The van der Waals surface area contributed by atoms with E-state index in [4.69, 9.17) is 15.3 Å². The molecule has 0 aliphatic carbocycles. The van der Waals surface area contributed by atoms with Gasteiger partial charge in [0.1, 0.15) is 0 Å². The van der Waals surface area contributed by atoms with Crippen LogP contribution in [0.1, 0.15) is 0 Å². The molecule has 0 heterocycles. The molecule has 0 unspecified atom stereocenters. The molecule has 0 saturated carbocycles. The summed E-state index contributed by atoms with van der Waals surface area (Å²) in [6, 6.07) is 0. The van der Waals surface area contributed by atoms with Crippen molar-refractivity contribution in [1.82, 2.24) is 6.15 Å². The minimum absolute atomic E-state index is 0. The second-order valence-corrected chi connectivity index (χ2v) is 0.224. The molecule has 0 aromatic heterocycles. The van der Waals surface area contributed by atoms with Gasteiger partial charge in [0.25, 0.3) is 0 Å². The van der Waals surface area contributed by atoms with Gasteiger partial charge in [0.15, 0.2) is 0 Å². The smallest absolute Gasteiger partial charge is 1.00 e. The van der Waals surface area contributed by atoms with Crippen LogP contribution < -0.4 is 10.9 Å². The van der Waals surface area contributed by atoms with E-state index in [1.807, 2.05) is 0 Å². The molecule has 90 valence electrons. The normalized spacial score (nSPS) is 1.85. The standard InChI is InChI=1S/FH.La.NO3.H3N.6H2O/c;;2-1(3)4;;;;;;;/h1H;;;1H3;6*1H2/q;+1;-1;;;;;;;. The van der Waals surface area contributed by atoms with Gasteiger partial charge in [-0.25, -0.2) is 0 Å². The summed E-state index contributed by atoms with van der Waals surface area (Å²) in [6.07, 6.45) is 0. The van der Waals surface area contributed by atoms with Gasteiger partial charge in [-0.15, -0.1) is 0 Å². The third-order valence-corrected chi connectivity index (χ3v) is 0. The largest absolute Gasteiger partial charge is 1.00 e. The molecule has 0 radical (unpaired) electrons. The Bertz CT molecular complexity index is 40.6. The van der Waals surface area contributed by atoms with E-state index in [2.05, 4.69) is 0 Å². The van der Waals surface area contributed by atoms with Crippen LogP contribution in [0, 0.1) is 50.9 Å². The van der Waals surface area contributed by atoms with Crippen molar-refractivity contribution in [2.75, 3.05) is 0 Å². The van der Waals surface area contributed by atoms with Gasteiger partial charge >= 0.3 is 35.6 Å². The molecule has 13 heteroatoms. The van der Waals surface area contributed by atoms with E-state index in [1.54, 1.807) is 0 Å². The molecule has 0 rings (SSSR count). The molecule has 0 fully saturated rings. The third-order valence-electron chi connectivity index (χ3n) is 0. The molecule has 0 aromatic rings. The van der Waals surface area contributed by atoms with E-state index in [1.165, 1.54) is 0 Å². The van der Waals surface area contributed by atoms with Crippen molar-refractivity contribution >= 4 is 0 Å². The summed E-state index contributed by atoms with van der Waals surface area (Å²) in [7, 11) is 0. The average molecular weight is 346 g/mol. The van der Waals surface area contributed by atoms with Crippen LogP contribution in [0.4, 0.5) is 0 Å². The zero-order valence-corrected chi connectivity index (χ0v) is 10.3. The van der Waals surface area contributed by atoms with E-state index in [9.17, 15) is 0 Å². The fourth-order valence-corrected chi connectivity index (χ4v) is 0. The van der Waals surface area contributed by atoms with Crippen LogP contribution >= 0.6 is 0 Å². The van der Waals surface area contributed by atoms with Crippen LogP contribution in [-0.4, -0.2) is 37.9 Å². The van der Waals surface area contributed by atoms with Gasteiger partial charge in [0, 0.05) is 0 Å². The van der Waals surface area contributed by atoms with Crippen molar-refractivity contribution in [2.45, 2.75) is 0 Å². The average Bonchev–Trinajstić information content (AvgIpc) is 0.811. The summed E-state index contributed by atoms with van der Waals surface area (Å²) in [4.78, 5) is 8.25. The van der Waals surface area contributed by atoms with E-state index in [-0.39, 0.29) is 79.3 Å². The molecule has 0 aliphatic heterocycles. The van der Waals surface area contributed by atoms with Crippen LogP contribution in [-0.2, 0) is 0 Å². The van der Waals surface area contributed by atoms with E-state index in [0.29, 0.717) is 0 Å². The summed E-state index contributed by atoms with van der Waals surface area (Å²) in [5, 5.41) is 14.8. The van der Waals surface area contributed by atoms with Crippen molar-refractivity contribution in [3.8, 4) is 0 Å². The zero-order valence-electron chi connectivity index (χ0n) is 6.63. The predicted octanol–water partition coefficient (Wildman–Crippen LogP) is -7.81. The molecule has 0 aromatic carbocycles. The number of hydrogen-bond acceptors (Lipinski definition) is 3. The quantitative estimate of drug-likeness (QED) is 0.330. The number of halogens is 1. The summed E-state index contributed by atoms with van der Waals surface area (Å²) < 4.78 is 0. The molecule has 16 N–H and O–H groups in total. The molecule has 0 aliphatic rings. The van der Waals surface area contributed by atoms with E-state index >= 15 is 0 Å². The van der Waals surface area contributed by atoms with Crippen molar-refractivity contribution in [1.29, 1.82) is 0 Å². The van der Waals surface area contributed by atoms with Gasteiger partial charge in [-0.05, 0) is 0 Å². The second kappa shape index (κ2) is 158. The minimum atomic E-state index is -1.75. The molecule has 11 nitrogen and oxygen atoms in total. The fraction of sp³-hybridized carbons (Fsp3) is 0. The Kier molecular flexibility index (Phi) is 2490. The molecule has 0 amide bonds. The van der Waals surface area contributed by atoms with Crippen molar-refractivity contribution in [3.05, 3.63) is 15.3 Å². The minimum Gasteiger partial charge on any atom is -1.00 e. The van der Waals surface area contributed by atoms with Crippen LogP contribution in [0.15, 0.2) is 0 Å². The number of nitrogens with zero attached hydrogens (tertiary/aromatic N) is 1. The van der Waals surface area contributed by atoms with Crippen LogP contribution in [0.2, 0.25) is 0 Å². The van der Waals surface area contributed by atoms with Gasteiger partial charge in [-0.3, -0.25) is 0 Å². The molecule has 0 atom stereocenters. The SMILES string of the molecule is O.O.O.O.O.O.O=[N+]([O-])[O-].[F-].[La+].[NH4+]. The molecular formula is H16FLaN2O9.